The fourth-order valence-electron chi connectivity index (χ4n) is 3.73. The summed E-state index contributed by atoms with van der Waals surface area (Å²) >= 11 is 1.26. The minimum atomic E-state index is -0.316. The van der Waals surface area contributed by atoms with E-state index in [0.717, 1.165) is 29.5 Å². The summed E-state index contributed by atoms with van der Waals surface area (Å²) in [5.41, 5.74) is 8.12. The zero-order valence-electron chi connectivity index (χ0n) is 15.9. The van der Waals surface area contributed by atoms with Crippen molar-refractivity contribution >= 4 is 39.1 Å². The first-order valence-electron chi connectivity index (χ1n) is 9.43. The number of nitrogens with zero attached hydrogens (tertiary/aromatic N) is 2. The minimum absolute atomic E-state index is 0.00208. The van der Waals surface area contributed by atoms with E-state index in [1.165, 1.54) is 23.5 Å². The average molecular weight is 412 g/mol. The highest BCUT2D eigenvalue weighted by atomic mass is 32.1. The van der Waals surface area contributed by atoms with Crippen molar-refractivity contribution in [3.8, 4) is 0 Å². The summed E-state index contributed by atoms with van der Waals surface area (Å²) < 4.78 is 13.1. The number of likely N-dealkylation sites (tertiary alicyclic amines) is 1. The van der Waals surface area contributed by atoms with Gasteiger partial charge in [-0.25, -0.2) is 9.37 Å². The molecule has 1 atom stereocenters. The van der Waals surface area contributed by atoms with Crippen LogP contribution in [-0.2, 0) is 11.2 Å². The number of hydrogen-bond acceptors (Lipinski definition) is 5. The van der Waals surface area contributed by atoms with Crippen LogP contribution in [0.5, 0.6) is 0 Å². The molecule has 8 heteroatoms. The van der Waals surface area contributed by atoms with Crippen LogP contribution in [0.25, 0.3) is 10.2 Å². The van der Waals surface area contributed by atoms with E-state index in [4.69, 9.17) is 10.7 Å². The highest BCUT2D eigenvalue weighted by Crippen LogP contribution is 2.36. The van der Waals surface area contributed by atoms with Crippen molar-refractivity contribution in [3.05, 3.63) is 58.3 Å². The summed E-state index contributed by atoms with van der Waals surface area (Å²) in [5, 5.41) is 3.34. The highest BCUT2D eigenvalue weighted by Gasteiger charge is 2.31. The van der Waals surface area contributed by atoms with E-state index in [2.05, 4.69) is 5.32 Å². The molecule has 6 nitrogen and oxygen atoms in total. The Balaban J connectivity index is 1.59. The van der Waals surface area contributed by atoms with Crippen LogP contribution in [0.4, 0.5) is 10.1 Å². The van der Waals surface area contributed by atoms with Crippen molar-refractivity contribution < 1.29 is 14.0 Å². The first kappa shape index (κ1) is 19.3. The van der Waals surface area contributed by atoms with Crippen LogP contribution in [-0.4, -0.2) is 35.3 Å². The van der Waals surface area contributed by atoms with Crippen LogP contribution in [0.1, 0.15) is 39.8 Å². The van der Waals surface area contributed by atoms with Gasteiger partial charge in [0.25, 0.3) is 5.91 Å². The summed E-state index contributed by atoms with van der Waals surface area (Å²) in [6.45, 7) is 0.667. The summed E-state index contributed by atoms with van der Waals surface area (Å²) in [4.78, 5) is 32.6. The van der Waals surface area contributed by atoms with Gasteiger partial charge in [0, 0.05) is 19.0 Å². The number of carbonyl (C=O) groups excluding carboxylic acids is 2. The number of hydrogen-bond donors (Lipinski definition) is 2. The van der Waals surface area contributed by atoms with Gasteiger partial charge in [-0.1, -0.05) is 12.1 Å². The summed E-state index contributed by atoms with van der Waals surface area (Å²) in [6, 6.07) is 9.65. The van der Waals surface area contributed by atoms with Crippen LogP contribution in [0, 0.1) is 5.82 Å². The average Bonchev–Trinajstić information content (AvgIpc) is 3.34. The molecule has 4 rings (SSSR count). The van der Waals surface area contributed by atoms with Crippen LogP contribution >= 0.6 is 11.3 Å². The number of benzene rings is 1. The molecule has 150 valence electrons. The normalized spacial score (nSPS) is 16.3. The molecule has 3 aromatic rings. The Bertz CT molecular complexity index is 1080. The Labute approximate surface area is 171 Å². The maximum atomic E-state index is 13.1. The number of nitrogens with one attached hydrogen (secondary N) is 1. The predicted molar refractivity (Wildman–Crippen MR) is 111 cm³/mol. The quantitative estimate of drug-likeness (QED) is 0.688. The van der Waals surface area contributed by atoms with E-state index in [1.54, 1.807) is 19.2 Å². The maximum Gasteiger partial charge on any atom is 0.263 e. The van der Waals surface area contributed by atoms with Crippen LogP contribution < -0.4 is 11.1 Å². The molecule has 1 aromatic carbocycles. The van der Waals surface area contributed by atoms with E-state index < -0.39 is 0 Å². The first-order valence-corrected chi connectivity index (χ1v) is 10.2. The molecule has 0 bridgehead atoms. The lowest BCUT2D eigenvalue weighted by Crippen LogP contribution is -2.32. The van der Waals surface area contributed by atoms with E-state index in [1.807, 2.05) is 17.0 Å². The number of pyridine rings is 1. The number of fused-ring (bicyclic) bond motifs is 1. The molecule has 1 fully saturated rings. The maximum absolute atomic E-state index is 13.1. The van der Waals surface area contributed by atoms with E-state index in [0.29, 0.717) is 21.9 Å². The topological polar surface area (TPSA) is 88.3 Å². The molecule has 1 saturated heterocycles. The third-order valence-corrected chi connectivity index (χ3v) is 6.35. The van der Waals surface area contributed by atoms with Crippen LogP contribution in [0.2, 0.25) is 0 Å². The summed E-state index contributed by atoms with van der Waals surface area (Å²) in [7, 11) is 1.56. The fourth-order valence-corrected chi connectivity index (χ4v) is 4.78. The Hall–Kier alpha value is -3.00. The van der Waals surface area contributed by atoms with Gasteiger partial charge in [0.2, 0.25) is 5.91 Å². The number of aromatic nitrogens is 1. The second-order valence-electron chi connectivity index (χ2n) is 7.06. The van der Waals surface area contributed by atoms with E-state index >= 15 is 0 Å². The van der Waals surface area contributed by atoms with Gasteiger partial charge >= 0.3 is 0 Å². The number of carbonyl (C=O) groups is 2. The smallest absolute Gasteiger partial charge is 0.263 e. The third-order valence-electron chi connectivity index (χ3n) is 5.23. The SMILES string of the molecule is CNC(=O)c1sc2nc(C3CCCN3C(=O)Cc3ccc(F)cc3)ccc2c1N. The van der Waals surface area contributed by atoms with Crippen LogP contribution in [0.15, 0.2) is 36.4 Å². The van der Waals surface area contributed by atoms with Crippen molar-refractivity contribution in [2.75, 3.05) is 19.3 Å². The Morgan fingerprint density at radius 2 is 2.03 bits per heavy atom. The Kier molecular flexibility index (Phi) is 5.19. The van der Waals surface area contributed by atoms with Gasteiger partial charge in [-0.15, -0.1) is 11.3 Å². The molecule has 1 aliphatic rings. The molecule has 0 saturated carbocycles. The lowest BCUT2D eigenvalue weighted by atomic mass is 10.1. The number of rotatable bonds is 4. The lowest BCUT2D eigenvalue weighted by molar-refractivity contribution is -0.131. The second-order valence-corrected chi connectivity index (χ2v) is 8.06. The number of thiophene rings is 1. The molecular formula is C21H21FN4O2S. The predicted octanol–water partition coefficient (Wildman–Crippen LogP) is 3.28. The first-order chi connectivity index (χ1) is 14.0. The molecule has 1 aliphatic heterocycles. The number of nitrogens with two attached hydrogens (primary N) is 1. The minimum Gasteiger partial charge on any atom is -0.397 e. The van der Waals surface area contributed by atoms with Crippen molar-refractivity contribution in [1.29, 1.82) is 0 Å². The zero-order valence-corrected chi connectivity index (χ0v) is 16.8. The van der Waals surface area contributed by atoms with Crippen molar-refractivity contribution in [2.24, 2.45) is 0 Å². The largest absolute Gasteiger partial charge is 0.397 e. The number of anilines is 1. The number of nitrogen functional groups attached to an aromatic ring is 1. The Morgan fingerprint density at radius 3 is 2.76 bits per heavy atom. The van der Waals surface area contributed by atoms with Gasteiger partial charge in [0.05, 0.1) is 23.8 Å². The van der Waals surface area contributed by atoms with Gasteiger partial charge in [0.15, 0.2) is 0 Å². The third kappa shape index (κ3) is 3.67. The molecule has 2 amide bonds. The molecule has 29 heavy (non-hydrogen) atoms. The van der Waals surface area contributed by atoms with Gasteiger partial charge in [-0.3, -0.25) is 9.59 Å². The molecule has 3 N–H and O–H groups in total. The van der Waals surface area contributed by atoms with Crippen molar-refractivity contribution in [3.63, 3.8) is 0 Å². The zero-order chi connectivity index (χ0) is 20.5. The molecule has 1 unspecified atom stereocenters. The molecular weight excluding hydrogens is 391 g/mol. The van der Waals surface area contributed by atoms with E-state index in [-0.39, 0.29) is 30.1 Å². The fraction of sp³-hybridized carbons (Fsp3) is 0.286. The standard InChI is InChI=1S/C21H21FN4O2S/c1-24-20(28)19-18(23)14-8-9-15(25-21(14)29-19)16-3-2-10-26(16)17(27)11-12-4-6-13(22)7-5-12/h4-9,16H,2-3,10-11,23H2,1H3,(H,24,28). The molecule has 3 heterocycles. The van der Waals surface area contributed by atoms with Crippen molar-refractivity contribution in [2.45, 2.75) is 25.3 Å². The summed E-state index contributed by atoms with van der Waals surface area (Å²) in [6.07, 6.45) is 1.96. The molecule has 2 aromatic heterocycles. The van der Waals surface area contributed by atoms with Gasteiger partial charge in [-0.05, 0) is 42.7 Å². The Morgan fingerprint density at radius 1 is 1.28 bits per heavy atom. The van der Waals surface area contributed by atoms with Gasteiger partial charge < -0.3 is 16.0 Å². The highest BCUT2D eigenvalue weighted by molar-refractivity contribution is 7.21. The monoisotopic (exact) mass is 412 g/mol. The van der Waals surface area contributed by atoms with Gasteiger partial charge in [-0.2, -0.15) is 0 Å². The van der Waals surface area contributed by atoms with Crippen molar-refractivity contribution in [1.82, 2.24) is 15.2 Å². The number of amides is 2. The second kappa shape index (κ2) is 7.79. The van der Waals surface area contributed by atoms with Crippen LogP contribution in [0.3, 0.4) is 0 Å². The van der Waals surface area contributed by atoms with Gasteiger partial charge in [0.1, 0.15) is 15.5 Å². The molecule has 0 aliphatic carbocycles. The lowest BCUT2D eigenvalue weighted by Gasteiger charge is -2.24. The number of halogens is 1. The summed E-state index contributed by atoms with van der Waals surface area (Å²) in [5.74, 6) is -0.550. The molecule has 0 spiro atoms. The molecule has 0 radical (unpaired) electrons. The van der Waals surface area contributed by atoms with E-state index in [9.17, 15) is 14.0 Å².